The SMILES string of the molecule is CCS(=O)(=O)Nc1cc2oc(-c3cnc(C)s3)c(C(=O)NC)c2cc1-c1ccc2c(n1)-c1cc3c(F)cccc3n1CC2. The summed E-state index contributed by atoms with van der Waals surface area (Å²) in [6.07, 6.45) is 2.36. The van der Waals surface area contributed by atoms with Gasteiger partial charge in [-0.05, 0) is 56.2 Å². The van der Waals surface area contributed by atoms with Crippen LogP contribution in [0.2, 0.25) is 0 Å². The molecule has 9 nitrogen and oxygen atoms in total. The minimum absolute atomic E-state index is 0.138. The van der Waals surface area contributed by atoms with E-state index in [0.29, 0.717) is 62.5 Å². The zero-order valence-corrected chi connectivity index (χ0v) is 25.1. The summed E-state index contributed by atoms with van der Waals surface area (Å²) in [4.78, 5) is 23.2. The van der Waals surface area contributed by atoms with Gasteiger partial charge in [0.05, 0.1) is 49.5 Å². The second kappa shape index (κ2) is 10.0. The van der Waals surface area contributed by atoms with E-state index in [-0.39, 0.29) is 23.2 Å². The molecule has 1 amide bonds. The number of aryl methyl sites for hydroxylation is 3. The molecule has 0 unspecified atom stereocenters. The van der Waals surface area contributed by atoms with E-state index in [4.69, 9.17) is 9.40 Å². The van der Waals surface area contributed by atoms with Gasteiger partial charge < -0.3 is 14.3 Å². The molecule has 218 valence electrons. The summed E-state index contributed by atoms with van der Waals surface area (Å²) >= 11 is 1.39. The van der Waals surface area contributed by atoms with Gasteiger partial charge in [0.2, 0.25) is 10.0 Å². The van der Waals surface area contributed by atoms with Gasteiger partial charge in [0.25, 0.3) is 5.91 Å². The minimum Gasteiger partial charge on any atom is -0.454 e. The number of hydrogen-bond acceptors (Lipinski definition) is 7. The first kappa shape index (κ1) is 27.3. The summed E-state index contributed by atoms with van der Waals surface area (Å²) in [5, 5.41) is 4.53. The van der Waals surface area contributed by atoms with Gasteiger partial charge in [-0.15, -0.1) is 11.3 Å². The van der Waals surface area contributed by atoms with E-state index in [1.54, 1.807) is 38.4 Å². The fourth-order valence-electron chi connectivity index (χ4n) is 5.65. The van der Waals surface area contributed by atoms with E-state index in [2.05, 4.69) is 19.6 Å². The summed E-state index contributed by atoms with van der Waals surface area (Å²) in [6.45, 7) is 4.10. The zero-order valence-electron chi connectivity index (χ0n) is 23.5. The standard InChI is InChI=1S/C31H26FN5O4S2/c1-4-43(39,40)36-23-14-26-20(28(31(38)33-3)30(41-26)27-15-34-16(2)42-27)12-19(23)22-9-8-17-10-11-37-24-7-5-6-21(32)18(24)13-25(37)29(17)35-22/h5-9,12-15,36H,4,10-11H2,1-3H3,(H,33,38). The summed E-state index contributed by atoms with van der Waals surface area (Å²) in [5.74, 6) is -0.433. The Morgan fingerprint density at radius 1 is 1.16 bits per heavy atom. The first-order valence-corrected chi connectivity index (χ1v) is 16.2. The lowest BCUT2D eigenvalue weighted by Gasteiger charge is -2.20. The highest BCUT2D eigenvalue weighted by atomic mass is 32.2. The molecule has 0 spiro atoms. The number of anilines is 1. The van der Waals surface area contributed by atoms with Crippen LogP contribution in [-0.2, 0) is 23.0 Å². The quantitative estimate of drug-likeness (QED) is 0.225. The van der Waals surface area contributed by atoms with Crippen LogP contribution >= 0.6 is 11.3 Å². The molecular formula is C31H26FN5O4S2. The Bertz CT molecular complexity index is 2210. The lowest BCUT2D eigenvalue weighted by molar-refractivity contribution is 0.0964. The van der Waals surface area contributed by atoms with Crippen molar-refractivity contribution in [2.24, 2.45) is 0 Å². The highest BCUT2D eigenvalue weighted by Crippen LogP contribution is 2.42. The molecule has 1 aliphatic heterocycles. The number of aromatic nitrogens is 3. The second-order valence-corrected chi connectivity index (χ2v) is 13.6. The number of furan rings is 1. The molecule has 2 N–H and O–H groups in total. The average Bonchev–Trinajstić information content (AvgIpc) is 3.71. The maximum atomic E-state index is 14.7. The first-order chi connectivity index (χ1) is 20.7. The van der Waals surface area contributed by atoms with Crippen molar-refractivity contribution in [3.05, 3.63) is 76.7 Å². The third-order valence-corrected chi connectivity index (χ3v) is 9.97. The highest BCUT2D eigenvalue weighted by molar-refractivity contribution is 7.92. The van der Waals surface area contributed by atoms with Crippen molar-refractivity contribution in [1.82, 2.24) is 19.9 Å². The van der Waals surface area contributed by atoms with Crippen LogP contribution in [0.4, 0.5) is 10.1 Å². The first-order valence-electron chi connectivity index (χ1n) is 13.7. The number of halogens is 1. The Morgan fingerprint density at radius 3 is 2.74 bits per heavy atom. The maximum Gasteiger partial charge on any atom is 0.255 e. The molecule has 43 heavy (non-hydrogen) atoms. The van der Waals surface area contributed by atoms with Gasteiger partial charge in [-0.1, -0.05) is 12.1 Å². The number of nitrogens with zero attached hydrogens (tertiary/aromatic N) is 3. The van der Waals surface area contributed by atoms with Gasteiger partial charge >= 0.3 is 0 Å². The molecule has 1 aliphatic rings. The van der Waals surface area contributed by atoms with Crippen molar-refractivity contribution in [2.75, 3.05) is 17.5 Å². The Morgan fingerprint density at radius 2 is 2.00 bits per heavy atom. The Balaban J connectivity index is 1.48. The minimum atomic E-state index is -3.69. The van der Waals surface area contributed by atoms with Crippen molar-refractivity contribution < 1.29 is 22.0 Å². The van der Waals surface area contributed by atoms with Gasteiger partial charge in [-0.25, -0.2) is 22.8 Å². The molecule has 0 fully saturated rings. The van der Waals surface area contributed by atoms with Crippen molar-refractivity contribution in [3.8, 4) is 33.3 Å². The second-order valence-electron chi connectivity index (χ2n) is 10.3. The molecule has 0 radical (unpaired) electrons. The van der Waals surface area contributed by atoms with Gasteiger partial charge in [-0.3, -0.25) is 9.52 Å². The molecule has 0 bridgehead atoms. The molecule has 0 saturated heterocycles. The monoisotopic (exact) mass is 615 g/mol. The van der Waals surface area contributed by atoms with E-state index in [1.807, 2.05) is 31.2 Å². The van der Waals surface area contributed by atoms with Crippen molar-refractivity contribution >= 4 is 54.8 Å². The summed E-state index contributed by atoms with van der Waals surface area (Å²) in [7, 11) is -2.14. The molecule has 0 atom stereocenters. The van der Waals surface area contributed by atoms with E-state index >= 15 is 0 Å². The van der Waals surface area contributed by atoms with Crippen LogP contribution < -0.4 is 10.0 Å². The molecule has 0 saturated carbocycles. The van der Waals surface area contributed by atoms with Crippen molar-refractivity contribution in [2.45, 2.75) is 26.8 Å². The Kier molecular flexibility index (Phi) is 6.36. The molecule has 7 rings (SSSR count). The smallest absolute Gasteiger partial charge is 0.255 e. The lowest BCUT2D eigenvalue weighted by Crippen LogP contribution is -2.18. The number of carbonyl (C=O) groups excluding carboxylic acids is 1. The topological polar surface area (TPSA) is 119 Å². The van der Waals surface area contributed by atoms with Gasteiger partial charge in [0, 0.05) is 42.2 Å². The number of thiazole rings is 1. The number of rotatable bonds is 6. The number of pyridine rings is 1. The molecular weight excluding hydrogens is 590 g/mol. The highest BCUT2D eigenvalue weighted by Gasteiger charge is 2.27. The van der Waals surface area contributed by atoms with Crippen molar-refractivity contribution in [1.29, 1.82) is 0 Å². The molecule has 4 aromatic heterocycles. The van der Waals surface area contributed by atoms with Gasteiger partial charge in [0.15, 0.2) is 5.76 Å². The largest absolute Gasteiger partial charge is 0.454 e. The maximum absolute atomic E-state index is 14.7. The van der Waals surface area contributed by atoms with Crippen LogP contribution in [-0.4, -0.2) is 41.7 Å². The fraction of sp³-hybridized carbons (Fsp3) is 0.194. The Labute approximate surface area is 250 Å². The van der Waals surface area contributed by atoms with Crippen LogP contribution in [0.1, 0.15) is 27.9 Å². The number of fused-ring (bicyclic) bond motifs is 6. The molecule has 0 aliphatic carbocycles. The van der Waals surface area contributed by atoms with Crippen LogP contribution in [0.5, 0.6) is 0 Å². The van der Waals surface area contributed by atoms with Gasteiger partial charge in [0.1, 0.15) is 11.4 Å². The molecule has 6 aromatic rings. The van der Waals surface area contributed by atoms with Crippen LogP contribution in [0.25, 0.3) is 55.2 Å². The third kappa shape index (κ3) is 4.48. The summed E-state index contributed by atoms with van der Waals surface area (Å²) < 4.78 is 51.2. The zero-order chi connectivity index (χ0) is 30.0. The van der Waals surface area contributed by atoms with E-state index < -0.39 is 10.0 Å². The number of carbonyl (C=O) groups is 1. The number of nitrogens with one attached hydrogen (secondary N) is 2. The lowest BCUT2D eigenvalue weighted by atomic mass is 9.99. The van der Waals surface area contributed by atoms with E-state index in [9.17, 15) is 17.6 Å². The number of sulfonamides is 1. The van der Waals surface area contributed by atoms with Crippen molar-refractivity contribution in [3.63, 3.8) is 0 Å². The predicted octanol–water partition coefficient (Wildman–Crippen LogP) is 6.36. The Hall–Kier alpha value is -4.55. The molecule has 2 aromatic carbocycles. The molecule has 5 heterocycles. The van der Waals surface area contributed by atoms with Gasteiger partial charge in [-0.2, -0.15) is 0 Å². The summed E-state index contributed by atoms with van der Waals surface area (Å²) in [6, 6.07) is 14.0. The summed E-state index contributed by atoms with van der Waals surface area (Å²) in [5.41, 5.74) is 5.19. The number of hydrogen-bond donors (Lipinski definition) is 2. The average molecular weight is 616 g/mol. The number of benzene rings is 2. The number of amides is 1. The fourth-order valence-corrected chi connectivity index (χ4v) is 7.06. The molecule has 12 heteroatoms. The van der Waals surface area contributed by atoms with E-state index in [1.165, 1.54) is 17.4 Å². The van der Waals surface area contributed by atoms with Crippen LogP contribution in [0.15, 0.2) is 59.1 Å². The normalized spacial score (nSPS) is 12.8. The predicted molar refractivity (Wildman–Crippen MR) is 166 cm³/mol. The third-order valence-electron chi connectivity index (χ3n) is 7.77. The van der Waals surface area contributed by atoms with E-state index in [0.717, 1.165) is 21.8 Å². The van der Waals surface area contributed by atoms with Crippen LogP contribution in [0, 0.1) is 12.7 Å². The van der Waals surface area contributed by atoms with Crippen LogP contribution in [0.3, 0.4) is 0 Å².